The Kier molecular flexibility index (Phi) is 4.24. The van der Waals surface area contributed by atoms with E-state index in [0.29, 0.717) is 0 Å². The van der Waals surface area contributed by atoms with Gasteiger partial charge >= 0.3 is 0 Å². The molecule has 1 heteroatoms. The Morgan fingerprint density at radius 3 is 2.69 bits per heavy atom. The Labute approximate surface area is 99.6 Å². The molecular formula is C15H22O. The zero-order chi connectivity index (χ0) is 12.2. The van der Waals surface area contributed by atoms with E-state index in [4.69, 9.17) is 4.74 Å². The van der Waals surface area contributed by atoms with Gasteiger partial charge in [-0.2, -0.15) is 0 Å². The first kappa shape index (κ1) is 12.9. The maximum Gasteiger partial charge on any atom is 0.180 e. The summed E-state index contributed by atoms with van der Waals surface area (Å²) in [6.07, 6.45) is 5.03. The lowest BCUT2D eigenvalue weighted by Crippen LogP contribution is -2.29. The first-order valence-electron chi connectivity index (χ1n) is 5.91. The highest BCUT2D eigenvalue weighted by molar-refractivity contribution is 5.33. The van der Waals surface area contributed by atoms with Crippen LogP contribution in [-0.4, -0.2) is 6.10 Å². The van der Waals surface area contributed by atoms with Crippen LogP contribution in [0.1, 0.15) is 47.0 Å². The first-order valence-corrected chi connectivity index (χ1v) is 5.91. The summed E-state index contributed by atoms with van der Waals surface area (Å²) in [4.78, 5) is 0. The minimum Gasteiger partial charge on any atom is -0.481 e. The Morgan fingerprint density at radius 1 is 1.50 bits per heavy atom. The second-order valence-electron chi connectivity index (χ2n) is 5.01. The summed E-state index contributed by atoms with van der Waals surface area (Å²) < 4.78 is 5.56. The fourth-order valence-electron chi connectivity index (χ4n) is 2.62. The third-order valence-electron chi connectivity index (χ3n) is 3.31. The highest BCUT2D eigenvalue weighted by Crippen LogP contribution is 2.42. The fourth-order valence-corrected chi connectivity index (χ4v) is 2.62. The standard InChI is InChI=1S/C15H22O/c1-6-9-13(16-7-2)14-12(3)10-8-11-15(14,4)5/h7,13H,2,8,10-11H2,1,3-5H3. The van der Waals surface area contributed by atoms with Crippen LogP contribution in [0.5, 0.6) is 0 Å². The van der Waals surface area contributed by atoms with Crippen molar-refractivity contribution in [3.05, 3.63) is 24.0 Å². The van der Waals surface area contributed by atoms with E-state index >= 15 is 0 Å². The van der Waals surface area contributed by atoms with Crippen LogP contribution in [-0.2, 0) is 4.74 Å². The van der Waals surface area contributed by atoms with Crippen LogP contribution in [0.4, 0.5) is 0 Å². The van der Waals surface area contributed by atoms with E-state index in [-0.39, 0.29) is 11.5 Å². The number of hydrogen-bond acceptors (Lipinski definition) is 1. The Bertz CT molecular complexity index is 349. The van der Waals surface area contributed by atoms with Crippen LogP contribution in [0.25, 0.3) is 0 Å². The highest BCUT2D eigenvalue weighted by Gasteiger charge is 2.33. The summed E-state index contributed by atoms with van der Waals surface area (Å²) >= 11 is 0. The topological polar surface area (TPSA) is 9.23 Å². The summed E-state index contributed by atoms with van der Waals surface area (Å²) in [7, 11) is 0. The molecule has 0 bridgehead atoms. The maximum atomic E-state index is 5.56. The minimum absolute atomic E-state index is 0.113. The second-order valence-corrected chi connectivity index (χ2v) is 5.01. The molecule has 0 aromatic carbocycles. The van der Waals surface area contributed by atoms with E-state index in [1.807, 2.05) is 6.92 Å². The molecule has 1 nitrogen and oxygen atoms in total. The zero-order valence-electron chi connectivity index (χ0n) is 10.9. The van der Waals surface area contributed by atoms with Gasteiger partial charge in [0.05, 0.1) is 6.26 Å². The van der Waals surface area contributed by atoms with Crippen molar-refractivity contribution in [2.24, 2.45) is 5.41 Å². The smallest absolute Gasteiger partial charge is 0.180 e. The van der Waals surface area contributed by atoms with Gasteiger partial charge in [0.25, 0.3) is 0 Å². The lowest BCUT2D eigenvalue weighted by Gasteiger charge is -2.36. The van der Waals surface area contributed by atoms with Crippen LogP contribution < -0.4 is 0 Å². The molecule has 0 saturated carbocycles. The van der Waals surface area contributed by atoms with E-state index < -0.39 is 0 Å². The van der Waals surface area contributed by atoms with E-state index in [1.165, 1.54) is 36.7 Å². The van der Waals surface area contributed by atoms with Crippen molar-refractivity contribution < 1.29 is 4.74 Å². The third kappa shape index (κ3) is 2.70. The normalized spacial score (nSPS) is 20.8. The van der Waals surface area contributed by atoms with Gasteiger partial charge in [-0.3, -0.25) is 0 Å². The van der Waals surface area contributed by atoms with Crippen molar-refractivity contribution >= 4 is 0 Å². The van der Waals surface area contributed by atoms with Crippen LogP contribution in [0.2, 0.25) is 0 Å². The van der Waals surface area contributed by atoms with Crippen molar-refractivity contribution in [3.63, 3.8) is 0 Å². The zero-order valence-corrected chi connectivity index (χ0v) is 10.9. The van der Waals surface area contributed by atoms with Gasteiger partial charge in [0, 0.05) is 0 Å². The fraction of sp³-hybridized carbons (Fsp3) is 0.600. The van der Waals surface area contributed by atoms with Gasteiger partial charge in [-0.15, -0.1) is 5.92 Å². The molecule has 0 spiro atoms. The van der Waals surface area contributed by atoms with E-state index in [9.17, 15) is 0 Å². The van der Waals surface area contributed by atoms with E-state index in [2.05, 4.69) is 39.2 Å². The van der Waals surface area contributed by atoms with Gasteiger partial charge in [-0.05, 0) is 44.1 Å². The molecule has 0 aromatic heterocycles. The molecule has 0 fully saturated rings. The number of rotatable bonds is 3. The van der Waals surface area contributed by atoms with Crippen molar-refractivity contribution in [2.75, 3.05) is 0 Å². The number of ether oxygens (including phenoxy) is 1. The highest BCUT2D eigenvalue weighted by atomic mass is 16.5. The molecule has 0 heterocycles. The molecule has 0 N–H and O–H groups in total. The Balaban J connectivity index is 3.11. The van der Waals surface area contributed by atoms with Crippen LogP contribution in [0, 0.1) is 17.3 Å². The quantitative estimate of drug-likeness (QED) is 0.394. The molecule has 1 atom stereocenters. The lowest BCUT2D eigenvalue weighted by molar-refractivity contribution is 0.187. The predicted octanol–water partition coefficient (Wildman–Crippen LogP) is 4.07. The predicted molar refractivity (Wildman–Crippen MR) is 68.9 cm³/mol. The molecule has 0 aliphatic heterocycles. The second kappa shape index (κ2) is 5.25. The average Bonchev–Trinajstić information content (AvgIpc) is 2.16. The largest absolute Gasteiger partial charge is 0.481 e. The number of allylic oxidation sites excluding steroid dienone is 1. The van der Waals surface area contributed by atoms with Crippen molar-refractivity contribution in [1.29, 1.82) is 0 Å². The van der Waals surface area contributed by atoms with Gasteiger partial charge in [-0.25, -0.2) is 0 Å². The Morgan fingerprint density at radius 2 is 2.19 bits per heavy atom. The summed E-state index contributed by atoms with van der Waals surface area (Å²) in [5.41, 5.74) is 2.98. The molecule has 1 rings (SSSR count). The molecule has 1 aliphatic carbocycles. The molecule has 16 heavy (non-hydrogen) atoms. The minimum atomic E-state index is -0.113. The lowest BCUT2D eigenvalue weighted by atomic mass is 9.71. The average molecular weight is 218 g/mol. The van der Waals surface area contributed by atoms with Gasteiger partial charge in [0.2, 0.25) is 0 Å². The van der Waals surface area contributed by atoms with Crippen LogP contribution in [0.3, 0.4) is 0 Å². The summed E-state index contributed by atoms with van der Waals surface area (Å²) in [5, 5.41) is 0. The SMILES string of the molecule is C=COC(C#CC)C1=C(C)CCCC1(C)C. The summed E-state index contributed by atoms with van der Waals surface area (Å²) in [6.45, 7) is 12.3. The van der Waals surface area contributed by atoms with Crippen LogP contribution in [0.15, 0.2) is 24.0 Å². The molecule has 0 radical (unpaired) electrons. The number of hydrogen-bond donors (Lipinski definition) is 0. The van der Waals surface area contributed by atoms with Crippen molar-refractivity contribution in [2.45, 2.75) is 53.1 Å². The van der Waals surface area contributed by atoms with Gasteiger partial charge in [0.15, 0.2) is 6.10 Å². The Hall–Kier alpha value is -1.16. The molecular weight excluding hydrogens is 196 g/mol. The van der Waals surface area contributed by atoms with Gasteiger partial charge < -0.3 is 4.74 Å². The van der Waals surface area contributed by atoms with Gasteiger partial charge in [-0.1, -0.05) is 31.9 Å². The molecule has 1 unspecified atom stereocenters. The molecule has 0 aromatic rings. The monoisotopic (exact) mass is 218 g/mol. The summed E-state index contributed by atoms with van der Waals surface area (Å²) in [6, 6.07) is 0. The molecule has 0 saturated heterocycles. The first-order chi connectivity index (χ1) is 7.53. The molecule has 1 aliphatic rings. The molecule has 0 amide bonds. The van der Waals surface area contributed by atoms with Crippen molar-refractivity contribution in [1.82, 2.24) is 0 Å². The molecule has 88 valence electrons. The van der Waals surface area contributed by atoms with Crippen LogP contribution >= 0.6 is 0 Å². The van der Waals surface area contributed by atoms with E-state index in [1.54, 1.807) is 0 Å². The maximum absolute atomic E-state index is 5.56. The third-order valence-corrected chi connectivity index (χ3v) is 3.31. The summed E-state index contributed by atoms with van der Waals surface area (Å²) in [5.74, 6) is 6.09. The van der Waals surface area contributed by atoms with E-state index in [0.717, 1.165) is 0 Å². The van der Waals surface area contributed by atoms with Crippen molar-refractivity contribution in [3.8, 4) is 11.8 Å². The van der Waals surface area contributed by atoms with Gasteiger partial charge in [0.1, 0.15) is 0 Å².